The van der Waals surface area contributed by atoms with Gasteiger partial charge in [-0.2, -0.15) is 0 Å². The van der Waals surface area contributed by atoms with Gasteiger partial charge in [-0.1, -0.05) is 19.6 Å². The van der Waals surface area contributed by atoms with E-state index in [0.29, 0.717) is 0 Å². The molecule has 0 aromatic carbocycles. The number of nitrogens with zero attached hydrogens (tertiary/aromatic N) is 2. The molecular weight excluding hydrogens is 416 g/mol. The molecule has 2 saturated heterocycles. The van der Waals surface area contributed by atoms with Gasteiger partial charge in [0.25, 0.3) is 0 Å². The lowest BCUT2D eigenvalue weighted by Crippen LogP contribution is -2.42. The van der Waals surface area contributed by atoms with E-state index in [2.05, 4.69) is 45.9 Å². The fraction of sp³-hybridized carbons (Fsp3) is 0.542. The molecule has 1 atom stereocenters. The maximum Gasteiger partial charge on any atom is 0.139 e. The molecule has 32 heavy (non-hydrogen) atoms. The molecule has 8 heteroatoms. The molecule has 2 aliphatic heterocycles. The zero-order valence-electron chi connectivity index (χ0n) is 19.9. The minimum absolute atomic E-state index is 0.265. The number of pyridine rings is 1. The van der Waals surface area contributed by atoms with Crippen molar-refractivity contribution in [3.05, 3.63) is 30.1 Å². The second-order valence-electron chi connectivity index (χ2n) is 9.97. The highest BCUT2D eigenvalue weighted by atomic mass is 28.3. The SMILES string of the molecule is COCC[Si](C)(C)C.N=C/C=C(\C=N)c1c[nH]c2nccc(N3CCC4(CCCN4)C3)c12. The van der Waals surface area contributed by atoms with Gasteiger partial charge < -0.3 is 30.8 Å². The lowest BCUT2D eigenvalue weighted by molar-refractivity contribution is 0.214. The number of rotatable bonds is 7. The van der Waals surface area contributed by atoms with Gasteiger partial charge >= 0.3 is 0 Å². The maximum absolute atomic E-state index is 7.67. The summed E-state index contributed by atoms with van der Waals surface area (Å²) in [5, 5.41) is 19.7. The Bertz CT molecular complexity index is 955. The zero-order chi connectivity index (χ0) is 23.2. The van der Waals surface area contributed by atoms with E-state index in [9.17, 15) is 0 Å². The largest absolute Gasteiger partial charge is 0.385 e. The van der Waals surface area contributed by atoms with Gasteiger partial charge in [0.2, 0.25) is 0 Å². The first-order chi connectivity index (χ1) is 15.3. The Morgan fingerprint density at radius 2 is 2.12 bits per heavy atom. The molecule has 0 saturated carbocycles. The van der Waals surface area contributed by atoms with E-state index in [1.807, 2.05) is 12.4 Å². The first-order valence-electron chi connectivity index (χ1n) is 11.5. The summed E-state index contributed by atoms with van der Waals surface area (Å²) in [4.78, 5) is 10.1. The molecule has 2 aliphatic rings. The summed E-state index contributed by atoms with van der Waals surface area (Å²) in [6, 6.07) is 3.35. The molecule has 2 aromatic heterocycles. The Hall–Kier alpha value is -2.29. The summed E-state index contributed by atoms with van der Waals surface area (Å²) in [6.45, 7) is 11.2. The molecule has 4 heterocycles. The molecule has 2 fully saturated rings. The van der Waals surface area contributed by atoms with Crippen molar-refractivity contribution >= 4 is 42.8 Å². The number of fused-ring (bicyclic) bond motifs is 1. The number of methoxy groups -OCH3 is 1. The van der Waals surface area contributed by atoms with E-state index in [-0.39, 0.29) is 5.54 Å². The van der Waals surface area contributed by atoms with Gasteiger partial charge in [0.15, 0.2) is 0 Å². The number of allylic oxidation sites excluding steroid dienone is 2. The second kappa shape index (κ2) is 10.5. The summed E-state index contributed by atoms with van der Waals surface area (Å²) >= 11 is 0. The quantitative estimate of drug-likeness (QED) is 0.364. The number of ether oxygens (including phenoxy) is 1. The van der Waals surface area contributed by atoms with Crippen molar-refractivity contribution in [1.82, 2.24) is 15.3 Å². The lowest BCUT2D eigenvalue weighted by Gasteiger charge is -2.26. The normalized spacial score (nSPS) is 21.1. The van der Waals surface area contributed by atoms with Gasteiger partial charge in [-0.3, -0.25) is 0 Å². The number of hydrogen-bond donors (Lipinski definition) is 4. The van der Waals surface area contributed by atoms with Crippen LogP contribution in [0.4, 0.5) is 5.69 Å². The van der Waals surface area contributed by atoms with Crippen LogP contribution in [0.3, 0.4) is 0 Å². The van der Waals surface area contributed by atoms with Crippen molar-refractivity contribution in [2.45, 2.75) is 50.5 Å². The van der Waals surface area contributed by atoms with Gasteiger partial charge in [-0.15, -0.1) is 0 Å². The zero-order valence-corrected chi connectivity index (χ0v) is 20.9. The Labute approximate surface area is 192 Å². The molecule has 0 bridgehead atoms. The first-order valence-corrected chi connectivity index (χ1v) is 15.2. The molecule has 4 N–H and O–H groups in total. The second-order valence-corrected chi connectivity index (χ2v) is 15.6. The molecule has 4 rings (SSSR count). The van der Waals surface area contributed by atoms with Gasteiger partial charge in [0.05, 0.1) is 0 Å². The topological polar surface area (TPSA) is 101 Å². The molecule has 7 nitrogen and oxygen atoms in total. The van der Waals surface area contributed by atoms with Crippen LogP contribution >= 0.6 is 0 Å². The number of H-pyrrole nitrogens is 1. The summed E-state index contributed by atoms with van der Waals surface area (Å²) in [7, 11) is 0.961. The van der Waals surface area contributed by atoms with Crippen molar-refractivity contribution in [2.75, 3.05) is 38.3 Å². The molecule has 1 unspecified atom stereocenters. The van der Waals surface area contributed by atoms with Crippen molar-refractivity contribution in [3.63, 3.8) is 0 Å². The summed E-state index contributed by atoms with van der Waals surface area (Å²) < 4.78 is 4.95. The number of anilines is 1. The number of aromatic nitrogens is 2. The van der Waals surface area contributed by atoms with Crippen LogP contribution in [0.15, 0.2) is 24.5 Å². The summed E-state index contributed by atoms with van der Waals surface area (Å²) in [6.07, 6.45) is 11.6. The molecule has 1 spiro atoms. The predicted octanol–water partition coefficient (Wildman–Crippen LogP) is 4.55. The monoisotopic (exact) mass is 454 g/mol. The highest BCUT2D eigenvalue weighted by Crippen LogP contribution is 2.37. The van der Waals surface area contributed by atoms with Crippen LogP contribution in [0, 0.1) is 10.8 Å². The fourth-order valence-corrected chi connectivity index (χ4v) is 5.36. The van der Waals surface area contributed by atoms with E-state index in [1.165, 1.54) is 43.4 Å². The van der Waals surface area contributed by atoms with Crippen LogP contribution in [0.5, 0.6) is 0 Å². The Balaban J connectivity index is 0.000000312. The molecule has 0 aliphatic carbocycles. The molecule has 0 radical (unpaired) electrons. The molecule has 2 aromatic rings. The van der Waals surface area contributed by atoms with Crippen LogP contribution in [0.1, 0.15) is 24.8 Å². The molecular formula is C24H38N6OSi. The molecule has 174 valence electrons. The maximum atomic E-state index is 7.67. The van der Waals surface area contributed by atoms with Gasteiger partial charge in [0.1, 0.15) is 5.65 Å². The van der Waals surface area contributed by atoms with Gasteiger partial charge in [-0.05, 0) is 44.0 Å². The molecule has 0 amide bonds. The van der Waals surface area contributed by atoms with Crippen molar-refractivity contribution in [3.8, 4) is 0 Å². The lowest BCUT2D eigenvalue weighted by atomic mass is 9.97. The summed E-state index contributed by atoms with van der Waals surface area (Å²) in [5.41, 5.74) is 3.92. The predicted molar refractivity (Wildman–Crippen MR) is 138 cm³/mol. The van der Waals surface area contributed by atoms with Crippen LogP contribution in [-0.4, -0.2) is 69.4 Å². The highest BCUT2D eigenvalue weighted by molar-refractivity contribution is 6.76. The minimum Gasteiger partial charge on any atom is -0.385 e. The van der Waals surface area contributed by atoms with E-state index in [0.717, 1.165) is 48.4 Å². The van der Waals surface area contributed by atoms with E-state index < -0.39 is 8.07 Å². The smallest absolute Gasteiger partial charge is 0.139 e. The van der Waals surface area contributed by atoms with Crippen LogP contribution in [0.25, 0.3) is 16.6 Å². The van der Waals surface area contributed by atoms with E-state index in [4.69, 9.17) is 15.6 Å². The average Bonchev–Trinajstić information content (AvgIpc) is 3.51. The average molecular weight is 455 g/mol. The highest BCUT2D eigenvalue weighted by Gasteiger charge is 2.40. The standard InChI is InChI=1S/C18H22N6.C6H16OSi/c19-6-2-13(10-20)14-11-22-17-16(14)15(3-8-21-17)24-9-5-18(12-24)4-1-7-23-18;1-7-5-6-8(2,3)4/h2-3,6,8,10-11,19-20,23H,1,4-5,7,9,12H2,(H,21,22);5-6H2,1-4H3/b13-2+,19-6?,20-10?;. The third-order valence-corrected chi connectivity index (χ3v) is 8.07. The van der Waals surface area contributed by atoms with Crippen LogP contribution in [0.2, 0.25) is 25.7 Å². The Morgan fingerprint density at radius 3 is 2.72 bits per heavy atom. The van der Waals surface area contributed by atoms with Crippen molar-refractivity contribution < 1.29 is 4.74 Å². The van der Waals surface area contributed by atoms with Crippen LogP contribution in [-0.2, 0) is 4.74 Å². The van der Waals surface area contributed by atoms with Crippen LogP contribution < -0.4 is 10.2 Å². The van der Waals surface area contributed by atoms with Gasteiger partial charge in [0, 0.05) is 87.5 Å². The number of aromatic amines is 1. The first kappa shape index (κ1) is 24.4. The van der Waals surface area contributed by atoms with Crippen molar-refractivity contribution in [2.24, 2.45) is 0 Å². The van der Waals surface area contributed by atoms with E-state index in [1.54, 1.807) is 13.2 Å². The van der Waals surface area contributed by atoms with Crippen molar-refractivity contribution in [1.29, 1.82) is 10.8 Å². The Morgan fingerprint density at radius 1 is 1.31 bits per heavy atom. The van der Waals surface area contributed by atoms with Gasteiger partial charge in [-0.25, -0.2) is 4.98 Å². The third kappa shape index (κ3) is 5.73. The third-order valence-electron chi connectivity index (χ3n) is 6.36. The number of hydrogen-bond acceptors (Lipinski definition) is 6. The number of nitrogens with one attached hydrogen (secondary N) is 4. The Kier molecular flexibility index (Phi) is 8.03. The summed E-state index contributed by atoms with van der Waals surface area (Å²) in [5.74, 6) is 0. The minimum atomic E-state index is -0.803. The fourth-order valence-electron chi connectivity index (χ4n) is 4.54. The van der Waals surface area contributed by atoms with E-state index >= 15 is 0 Å².